The Balaban J connectivity index is 1.80. The van der Waals surface area contributed by atoms with Gasteiger partial charge in [-0.1, -0.05) is 38.5 Å². The Kier molecular flexibility index (Phi) is 4.52. The fourth-order valence-corrected chi connectivity index (χ4v) is 3.50. The molecule has 1 aliphatic rings. The summed E-state index contributed by atoms with van der Waals surface area (Å²) < 4.78 is 0. The van der Waals surface area contributed by atoms with E-state index in [1.54, 1.807) is 0 Å². The molecular formula is C15H23NS. The van der Waals surface area contributed by atoms with Crippen molar-refractivity contribution in [2.24, 2.45) is 5.92 Å². The third-order valence-corrected chi connectivity index (χ3v) is 5.20. The highest BCUT2D eigenvalue weighted by Crippen LogP contribution is 2.36. The molecule has 1 aromatic rings. The van der Waals surface area contributed by atoms with Gasteiger partial charge in [0.1, 0.15) is 0 Å². The molecule has 1 aliphatic heterocycles. The Morgan fingerprint density at radius 1 is 1.35 bits per heavy atom. The second-order valence-electron chi connectivity index (χ2n) is 5.13. The lowest BCUT2D eigenvalue weighted by Crippen LogP contribution is -2.36. The first kappa shape index (κ1) is 13.0. The molecular weight excluding hydrogens is 226 g/mol. The predicted molar refractivity (Wildman–Crippen MR) is 76.7 cm³/mol. The highest BCUT2D eigenvalue weighted by Gasteiger charge is 2.22. The second kappa shape index (κ2) is 5.92. The maximum atomic E-state index is 3.69. The van der Waals surface area contributed by atoms with E-state index < -0.39 is 0 Å². The standard InChI is InChI=1S/C15H23NS/c1-4-11(2)12(3)16-10-14-9-13-7-5-6-8-15(13)17-14/h5-8,11-12,14,16H,4,9-10H2,1-3H3. The molecule has 0 fully saturated rings. The van der Waals surface area contributed by atoms with Gasteiger partial charge < -0.3 is 5.32 Å². The minimum atomic E-state index is 0.629. The van der Waals surface area contributed by atoms with E-state index in [9.17, 15) is 0 Å². The Bertz CT molecular complexity index is 339. The van der Waals surface area contributed by atoms with Crippen LogP contribution in [0.2, 0.25) is 0 Å². The molecule has 0 saturated carbocycles. The average Bonchev–Trinajstić information content (AvgIpc) is 2.77. The lowest BCUT2D eigenvalue weighted by Gasteiger charge is -2.21. The molecule has 1 aromatic carbocycles. The summed E-state index contributed by atoms with van der Waals surface area (Å²) in [5.74, 6) is 0.767. The van der Waals surface area contributed by atoms with E-state index in [2.05, 4.69) is 50.4 Å². The van der Waals surface area contributed by atoms with Gasteiger partial charge in [-0.3, -0.25) is 0 Å². The van der Waals surface area contributed by atoms with Gasteiger partial charge in [0.05, 0.1) is 0 Å². The highest BCUT2D eigenvalue weighted by molar-refractivity contribution is 8.00. The van der Waals surface area contributed by atoms with Crippen molar-refractivity contribution < 1.29 is 0 Å². The molecule has 0 spiro atoms. The molecule has 0 bridgehead atoms. The van der Waals surface area contributed by atoms with Crippen LogP contribution in [0.5, 0.6) is 0 Å². The molecule has 0 saturated heterocycles. The summed E-state index contributed by atoms with van der Waals surface area (Å²) in [6.07, 6.45) is 2.48. The SMILES string of the molecule is CCC(C)C(C)NCC1Cc2ccccc2S1. The van der Waals surface area contributed by atoms with Gasteiger partial charge in [0.15, 0.2) is 0 Å². The van der Waals surface area contributed by atoms with Crippen LogP contribution in [0.25, 0.3) is 0 Å². The maximum Gasteiger partial charge on any atom is 0.0260 e. The summed E-state index contributed by atoms with van der Waals surface area (Å²) in [7, 11) is 0. The number of rotatable bonds is 5. The molecule has 1 nitrogen and oxygen atoms in total. The van der Waals surface area contributed by atoms with Gasteiger partial charge in [-0.05, 0) is 30.9 Å². The van der Waals surface area contributed by atoms with E-state index in [1.807, 2.05) is 11.8 Å². The van der Waals surface area contributed by atoms with Crippen LogP contribution in [0.3, 0.4) is 0 Å². The van der Waals surface area contributed by atoms with E-state index in [-0.39, 0.29) is 0 Å². The first-order valence-corrected chi connectivity index (χ1v) is 7.56. The zero-order chi connectivity index (χ0) is 12.3. The van der Waals surface area contributed by atoms with Gasteiger partial charge >= 0.3 is 0 Å². The number of hydrogen-bond donors (Lipinski definition) is 1. The summed E-state index contributed by atoms with van der Waals surface area (Å²) in [5.41, 5.74) is 1.53. The molecule has 2 rings (SSSR count). The van der Waals surface area contributed by atoms with Crippen LogP contribution in [-0.2, 0) is 6.42 Å². The lowest BCUT2D eigenvalue weighted by atomic mass is 10.0. The fraction of sp³-hybridized carbons (Fsp3) is 0.600. The van der Waals surface area contributed by atoms with Crippen molar-refractivity contribution in [1.29, 1.82) is 0 Å². The number of nitrogens with one attached hydrogen (secondary N) is 1. The van der Waals surface area contributed by atoms with E-state index in [0.717, 1.165) is 17.7 Å². The molecule has 0 radical (unpaired) electrons. The monoisotopic (exact) mass is 249 g/mol. The molecule has 94 valence electrons. The fourth-order valence-electron chi connectivity index (χ4n) is 2.24. The zero-order valence-corrected chi connectivity index (χ0v) is 11.9. The van der Waals surface area contributed by atoms with Crippen molar-refractivity contribution >= 4 is 11.8 Å². The first-order chi connectivity index (χ1) is 8.20. The minimum absolute atomic E-state index is 0.629. The largest absolute Gasteiger partial charge is 0.313 e. The molecule has 0 aromatic heterocycles. The van der Waals surface area contributed by atoms with Gasteiger partial charge in [0, 0.05) is 22.7 Å². The average molecular weight is 249 g/mol. The molecule has 1 heterocycles. The second-order valence-corrected chi connectivity index (χ2v) is 6.48. The van der Waals surface area contributed by atoms with Gasteiger partial charge in [-0.25, -0.2) is 0 Å². The van der Waals surface area contributed by atoms with Crippen molar-refractivity contribution in [2.45, 2.75) is 49.8 Å². The van der Waals surface area contributed by atoms with Crippen molar-refractivity contribution in [3.8, 4) is 0 Å². The number of fused-ring (bicyclic) bond motifs is 1. The van der Waals surface area contributed by atoms with Crippen LogP contribution in [0.15, 0.2) is 29.2 Å². The molecule has 3 atom stereocenters. The minimum Gasteiger partial charge on any atom is -0.313 e. The van der Waals surface area contributed by atoms with Gasteiger partial charge in [0.2, 0.25) is 0 Å². The molecule has 2 heteroatoms. The topological polar surface area (TPSA) is 12.0 Å². The first-order valence-electron chi connectivity index (χ1n) is 6.68. The normalized spacial score (nSPS) is 22.2. The maximum absolute atomic E-state index is 3.69. The number of hydrogen-bond acceptors (Lipinski definition) is 2. The van der Waals surface area contributed by atoms with Crippen molar-refractivity contribution in [2.75, 3.05) is 6.54 Å². The van der Waals surface area contributed by atoms with Crippen LogP contribution in [0, 0.1) is 5.92 Å². The molecule has 1 N–H and O–H groups in total. The molecule has 0 aliphatic carbocycles. The third kappa shape index (κ3) is 3.26. The van der Waals surface area contributed by atoms with Crippen LogP contribution >= 0.6 is 11.8 Å². The zero-order valence-electron chi connectivity index (χ0n) is 11.1. The van der Waals surface area contributed by atoms with Crippen LogP contribution < -0.4 is 5.32 Å². The molecule has 0 amide bonds. The van der Waals surface area contributed by atoms with Crippen LogP contribution in [-0.4, -0.2) is 17.8 Å². The smallest absolute Gasteiger partial charge is 0.0260 e. The summed E-state index contributed by atoms with van der Waals surface area (Å²) >= 11 is 2.03. The van der Waals surface area contributed by atoms with Crippen LogP contribution in [0.1, 0.15) is 32.8 Å². The lowest BCUT2D eigenvalue weighted by molar-refractivity contribution is 0.391. The quantitative estimate of drug-likeness (QED) is 0.853. The van der Waals surface area contributed by atoms with E-state index >= 15 is 0 Å². The van der Waals surface area contributed by atoms with Crippen LogP contribution in [0.4, 0.5) is 0 Å². The van der Waals surface area contributed by atoms with E-state index in [1.165, 1.54) is 23.3 Å². The summed E-state index contributed by atoms with van der Waals surface area (Å²) in [6, 6.07) is 9.43. The molecule has 3 unspecified atom stereocenters. The van der Waals surface area contributed by atoms with Gasteiger partial charge in [0.25, 0.3) is 0 Å². The van der Waals surface area contributed by atoms with E-state index in [4.69, 9.17) is 0 Å². The summed E-state index contributed by atoms with van der Waals surface area (Å²) in [5, 5.41) is 4.41. The van der Waals surface area contributed by atoms with Crippen molar-refractivity contribution in [3.05, 3.63) is 29.8 Å². The Morgan fingerprint density at radius 3 is 2.82 bits per heavy atom. The Labute approximate surface area is 109 Å². The number of benzene rings is 1. The summed E-state index contributed by atoms with van der Waals surface area (Å²) in [4.78, 5) is 1.48. The van der Waals surface area contributed by atoms with Crippen molar-refractivity contribution in [1.82, 2.24) is 5.32 Å². The third-order valence-electron chi connectivity index (χ3n) is 3.88. The van der Waals surface area contributed by atoms with E-state index in [0.29, 0.717) is 6.04 Å². The van der Waals surface area contributed by atoms with Gasteiger partial charge in [-0.15, -0.1) is 11.8 Å². The summed E-state index contributed by atoms with van der Waals surface area (Å²) in [6.45, 7) is 8.03. The Hall–Kier alpha value is -0.470. The highest BCUT2D eigenvalue weighted by atomic mass is 32.2. The number of thioether (sulfide) groups is 1. The Morgan fingerprint density at radius 2 is 2.12 bits per heavy atom. The molecule has 17 heavy (non-hydrogen) atoms. The van der Waals surface area contributed by atoms with Gasteiger partial charge in [-0.2, -0.15) is 0 Å². The predicted octanol–water partition coefficient (Wildman–Crippen LogP) is 3.73. The van der Waals surface area contributed by atoms with Crippen molar-refractivity contribution in [3.63, 3.8) is 0 Å².